The first kappa shape index (κ1) is 18.9. The van der Waals surface area contributed by atoms with E-state index in [2.05, 4.69) is 10.0 Å². The second-order valence-corrected chi connectivity index (χ2v) is 7.95. The summed E-state index contributed by atoms with van der Waals surface area (Å²) < 4.78 is 26.8. The Hall–Kier alpha value is -2.90. The number of benzene rings is 3. The van der Waals surface area contributed by atoms with Crippen LogP contribution in [0.2, 0.25) is 0 Å². The number of sulfonamides is 1. The van der Waals surface area contributed by atoms with Crippen molar-refractivity contribution in [3.8, 4) is 5.75 Å². The molecule has 0 spiro atoms. The summed E-state index contributed by atoms with van der Waals surface area (Å²) in [4.78, 5) is 12.5. The minimum Gasteiger partial charge on any atom is -0.507 e. The molecular weight excluding hydrogens is 364 g/mol. The third-order valence-corrected chi connectivity index (χ3v) is 5.62. The molecule has 3 rings (SSSR count). The molecule has 0 aliphatic rings. The molecule has 7 heteroatoms. The van der Waals surface area contributed by atoms with Gasteiger partial charge >= 0.3 is 0 Å². The Bertz CT molecular complexity index is 1080. The van der Waals surface area contributed by atoms with Crippen LogP contribution in [0, 0.1) is 6.92 Å². The van der Waals surface area contributed by atoms with Crippen molar-refractivity contribution in [2.24, 2.45) is 0 Å². The van der Waals surface area contributed by atoms with Gasteiger partial charge in [-0.05, 0) is 42.0 Å². The van der Waals surface area contributed by atoms with Crippen molar-refractivity contribution in [1.29, 1.82) is 0 Å². The molecule has 0 atom stereocenters. The van der Waals surface area contributed by atoms with Gasteiger partial charge in [0.05, 0.1) is 10.5 Å². The fourth-order valence-electron chi connectivity index (χ4n) is 2.67. The highest BCUT2D eigenvalue weighted by Crippen LogP contribution is 2.24. The molecule has 140 valence electrons. The van der Waals surface area contributed by atoms with Crippen LogP contribution in [0.5, 0.6) is 5.75 Å². The molecule has 0 aliphatic carbocycles. The first-order valence-electron chi connectivity index (χ1n) is 8.43. The molecule has 0 radical (unpaired) electrons. The number of rotatable bonds is 6. The topological polar surface area (TPSA) is 95.5 Å². The summed E-state index contributed by atoms with van der Waals surface area (Å²) in [6.45, 7) is 2.01. The number of carbonyl (C=O) groups is 1. The zero-order valence-corrected chi connectivity index (χ0v) is 15.6. The van der Waals surface area contributed by atoms with Crippen LogP contribution in [0.25, 0.3) is 10.8 Å². The summed E-state index contributed by atoms with van der Waals surface area (Å²) in [5.74, 6) is -0.584. The highest BCUT2D eigenvalue weighted by Gasteiger charge is 2.14. The van der Waals surface area contributed by atoms with E-state index in [9.17, 15) is 18.3 Å². The lowest BCUT2D eigenvalue weighted by atomic mass is 10.1. The van der Waals surface area contributed by atoms with Crippen molar-refractivity contribution in [2.75, 3.05) is 13.1 Å². The molecular formula is C20H20N2O4S. The molecule has 3 N–H and O–H groups in total. The van der Waals surface area contributed by atoms with E-state index in [0.29, 0.717) is 0 Å². The third-order valence-electron chi connectivity index (χ3n) is 4.14. The normalized spacial score (nSPS) is 11.4. The minimum absolute atomic E-state index is 0.0380. The van der Waals surface area contributed by atoms with E-state index in [-0.39, 0.29) is 29.3 Å². The van der Waals surface area contributed by atoms with E-state index < -0.39 is 15.9 Å². The van der Waals surface area contributed by atoms with Gasteiger partial charge in [-0.2, -0.15) is 0 Å². The van der Waals surface area contributed by atoms with Crippen LogP contribution in [-0.4, -0.2) is 32.5 Å². The second kappa shape index (κ2) is 7.77. The van der Waals surface area contributed by atoms with Crippen LogP contribution >= 0.6 is 0 Å². The van der Waals surface area contributed by atoms with Crippen molar-refractivity contribution in [3.05, 3.63) is 71.8 Å². The Morgan fingerprint density at radius 2 is 1.59 bits per heavy atom. The summed E-state index contributed by atoms with van der Waals surface area (Å²) in [5, 5.41) is 14.3. The van der Waals surface area contributed by atoms with Crippen molar-refractivity contribution < 1.29 is 18.3 Å². The van der Waals surface area contributed by atoms with Crippen LogP contribution in [0.4, 0.5) is 0 Å². The van der Waals surface area contributed by atoms with Gasteiger partial charge in [0, 0.05) is 13.1 Å². The Labute approximate surface area is 157 Å². The number of fused-ring (bicyclic) bond motifs is 1. The summed E-state index contributed by atoms with van der Waals surface area (Å²) in [5.41, 5.74) is 1.12. The molecule has 3 aromatic rings. The number of hydrogen-bond acceptors (Lipinski definition) is 4. The maximum Gasteiger partial charge on any atom is 0.255 e. The molecule has 0 heterocycles. The lowest BCUT2D eigenvalue weighted by Gasteiger charge is -2.10. The molecule has 3 aromatic carbocycles. The van der Waals surface area contributed by atoms with Crippen LogP contribution in [-0.2, 0) is 10.0 Å². The van der Waals surface area contributed by atoms with Gasteiger partial charge in [-0.3, -0.25) is 4.79 Å². The summed E-state index contributed by atoms with van der Waals surface area (Å²) in [7, 11) is -3.63. The molecule has 6 nitrogen and oxygen atoms in total. The number of hydrogen-bond donors (Lipinski definition) is 3. The Balaban J connectivity index is 1.60. The van der Waals surface area contributed by atoms with E-state index in [1.807, 2.05) is 31.2 Å². The molecule has 0 bridgehead atoms. The summed E-state index contributed by atoms with van der Waals surface area (Å²) in [6, 6.07) is 17.0. The lowest BCUT2D eigenvalue weighted by Crippen LogP contribution is -2.34. The molecule has 0 fully saturated rings. The average Bonchev–Trinajstić information content (AvgIpc) is 2.65. The molecule has 27 heavy (non-hydrogen) atoms. The zero-order valence-electron chi connectivity index (χ0n) is 14.8. The predicted octanol–water partition coefficient (Wildman–Crippen LogP) is 2.56. The lowest BCUT2D eigenvalue weighted by molar-refractivity contribution is 0.0952. The second-order valence-electron chi connectivity index (χ2n) is 6.18. The number of phenolic OH excluding ortho intramolecular Hbond substituents is 1. The quantitative estimate of drug-likeness (QED) is 0.569. The smallest absolute Gasteiger partial charge is 0.255 e. The number of aryl methyl sites for hydroxylation is 1. The van der Waals surface area contributed by atoms with Gasteiger partial charge in [0.25, 0.3) is 5.91 Å². The molecule has 0 aromatic heterocycles. The zero-order chi connectivity index (χ0) is 19.4. The number of nitrogens with one attached hydrogen (secondary N) is 2. The number of amides is 1. The SMILES string of the molecule is Cc1ccc(S(=O)(=O)NCCNC(=O)c2cc3ccccc3cc2O)cc1. The first-order chi connectivity index (χ1) is 12.9. The Morgan fingerprint density at radius 1 is 0.963 bits per heavy atom. The maximum absolute atomic E-state index is 12.3. The molecule has 1 amide bonds. The fraction of sp³-hybridized carbons (Fsp3) is 0.150. The van der Waals surface area contributed by atoms with E-state index in [0.717, 1.165) is 16.3 Å². The predicted molar refractivity (Wildman–Crippen MR) is 104 cm³/mol. The van der Waals surface area contributed by atoms with Gasteiger partial charge in [-0.25, -0.2) is 13.1 Å². The Morgan fingerprint density at radius 3 is 2.26 bits per heavy atom. The maximum atomic E-state index is 12.3. The van der Waals surface area contributed by atoms with Crippen LogP contribution in [0.3, 0.4) is 0 Å². The van der Waals surface area contributed by atoms with Gasteiger partial charge in [-0.15, -0.1) is 0 Å². The van der Waals surface area contributed by atoms with E-state index >= 15 is 0 Å². The van der Waals surface area contributed by atoms with Crippen LogP contribution in [0.15, 0.2) is 65.6 Å². The standard InChI is InChI=1S/C20H20N2O4S/c1-14-6-8-17(9-7-14)27(25,26)22-11-10-21-20(24)18-12-15-4-2-3-5-16(15)13-19(18)23/h2-9,12-13,22-23H,10-11H2,1H3,(H,21,24). The van der Waals surface area contributed by atoms with Crippen molar-refractivity contribution in [3.63, 3.8) is 0 Å². The largest absolute Gasteiger partial charge is 0.507 e. The highest BCUT2D eigenvalue weighted by atomic mass is 32.2. The van der Waals surface area contributed by atoms with E-state index in [1.165, 1.54) is 18.2 Å². The average molecular weight is 384 g/mol. The molecule has 0 saturated carbocycles. The summed E-state index contributed by atoms with van der Waals surface area (Å²) >= 11 is 0. The van der Waals surface area contributed by atoms with Crippen molar-refractivity contribution in [1.82, 2.24) is 10.0 Å². The first-order valence-corrected chi connectivity index (χ1v) is 9.91. The van der Waals surface area contributed by atoms with Gasteiger partial charge in [0.1, 0.15) is 5.75 Å². The number of aromatic hydroxyl groups is 1. The molecule has 0 saturated heterocycles. The number of carbonyl (C=O) groups excluding carboxylic acids is 1. The molecule has 0 unspecified atom stereocenters. The van der Waals surface area contributed by atoms with Crippen LogP contribution in [0.1, 0.15) is 15.9 Å². The van der Waals surface area contributed by atoms with Gasteiger partial charge in [0.2, 0.25) is 10.0 Å². The third kappa shape index (κ3) is 4.45. The van der Waals surface area contributed by atoms with E-state index in [1.54, 1.807) is 18.2 Å². The van der Waals surface area contributed by atoms with Crippen LogP contribution < -0.4 is 10.0 Å². The Kier molecular flexibility index (Phi) is 5.43. The molecule has 0 aliphatic heterocycles. The monoisotopic (exact) mass is 384 g/mol. The highest BCUT2D eigenvalue weighted by molar-refractivity contribution is 7.89. The summed E-state index contributed by atoms with van der Waals surface area (Å²) in [6.07, 6.45) is 0. The van der Waals surface area contributed by atoms with Crippen molar-refractivity contribution in [2.45, 2.75) is 11.8 Å². The van der Waals surface area contributed by atoms with E-state index in [4.69, 9.17) is 0 Å². The minimum atomic E-state index is -3.63. The fourth-order valence-corrected chi connectivity index (χ4v) is 3.70. The van der Waals surface area contributed by atoms with Crippen molar-refractivity contribution >= 4 is 26.7 Å². The van der Waals surface area contributed by atoms with Gasteiger partial charge < -0.3 is 10.4 Å². The van der Waals surface area contributed by atoms with Gasteiger partial charge in [0.15, 0.2) is 0 Å². The van der Waals surface area contributed by atoms with Gasteiger partial charge in [-0.1, -0.05) is 42.0 Å². The number of phenols is 1.